The van der Waals surface area contributed by atoms with Gasteiger partial charge in [0, 0.05) is 13.0 Å². The van der Waals surface area contributed by atoms with Gasteiger partial charge in [-0.3, -0.25) is 10.1 Å². The summed E-state index contributed by atoms with van der Waals surface area (Å²) in [6, 6.07) is 6.78. The average Bonchev–Trinajstić information content (AvgIpc) is 2.28. The van der Waals surface area contributed by atoms with E-state index in [0.717, 1.165) is 0 Å². The van der Waals surface area contributed by atoms with Crippen molar-refractivity contribution in [2.45, 2.75) is 6.92 Å². The molecule has 1 aromatic carbocycles. The summed E-state index contributed by atoms with van der Waals surface area (Å²) in [4.78, 5) is 9.95. The molecule has 0 spiro atoms. The third kappa shape index (κ3) is 2.58. The number of rotatable bonds is 3. The summed E-state index contributed by atoms with van der Waals surface area (Å²) in [5.74, 6) is 0.457. The number of nitro groups is 1. The summed E-state index contributed by atoms with van der Waals surface area (Å²) in [6.45, 7) is 1.40. The van der Waals surface area contributed by atoms with E-state index in [1.54, 1.807) is 18.2 Å². The highest BCUT2D eigenvalue weighted by atomic mass is 16.6. The zero-order valence-electron chi connectivity index (χ0n) is 8.93. The lowest BCUT2D eigenvalue weighted by Crippen LogP contribution is -1.93. The van der Waals surface area contributed by atoms with Crippen LogP contribution in [-0.2, 0) is 0 Å². The van der Waals surface area contributed by atoms with Crippen molar-refractivity contribution in [1.82, 2.24) is 0 Å². The third-order valence-corrected chi connectivity index (χ3v) is 2.01. The Morgan fingerprint density at radius 3 is 2.81 bits per heavy atom. The van der Waals surface area contributed by atoms with Crippen molar-refractivity contribution in [1.29, 1.82) is 5.26 Å². The van der Waals surface area contributed by atoms with Crippen LogP contribution in [0.3, 0.4) is 0 Å². The minimum absolute atomic E-state index is 0.0223. The second kappa shape index (κ2) is 4.94. The molecule has 1 aromatic rings. The Balaban J connectivity index is 3.15. The Morgan fingerprint density at radius 2 is 2.31 bits per heavy atom. The zero-order chi connectivity index (χ0) is 12.1. The molecule has 0 heterocycles. The minimum atomic E-state index is -0.476. The molecule has 0 atom stereocenters. The lowest BCUT2D eigenvalue weighted by molar-refractivity contribution is -0.422. The summed E-state index contributed by atoms with van der Waals surface area (Å²) in [5.41, 5.74) is 0.980. The average molecular weight is 218 g/mol. The van der Waals surface area contributed by atoms with E-state index in [9.17, 15) is 10.1 Å². The number of allylic oxidation sites excluding steroid dienone is 1. The number of hydrogen-bond acceptors (Lipinski definition) is 4. The fraction of sp³-hybridized carbons (Fsp3) is 0.182. The first kappa shape index (κ1) is 11.7. The topological polar surface area (TPSA) is 76.2 Å². The third-order valence-electron chi connectivity index (χ3n) is 2.01. The van der Waals surface area contributed by atoms with E-state index in [2.05, 4.69) is 0 Å². The normalized spacial score (nSPS) is 10.7. The Bertz CT molecular complexity index is 486. The summed E-state index contributed by atoms with van der Waals surface area (Å²) in [7, 11) is 1.47. The molecule has 0 aromatic heterocycles. The van der Waals surface area contributed by atoms with Crippen LogP contribution in [-0.4, -0.2) is 12.0 Å². The Kier molecular flexibility index (Phi) is 3.62. The molecule has 0 radical (unpaired) electrons. The Labute approximate surface area is 92.7 Å². The molecule has 82 valence electrons. The highest BCUT2D eigenvalue weighted by Crippen LogP contribution is 2.20. The lowest BCUT2D eigenvalue weighted by atomic mass is 10.1. The lowest BCUT2D eigenvalue weighted by Gasteiger charge is -2.02. The molecule has 0 aliphatic heterocycles. The van der Waals surface area contributed by atoms with Gasteiger partial charge in [-0.15, -0.1) is 0 Å². The summed E-state index contributed by atoms with van der Waals surface area (Å²) >= 11 is 0. The van der Waals surface area contributed by atoms with E-state index in [1.165, 1.54) is 20.1 Å². The van der Waals surface area contributed by atoms with Gasteiger partial charge >= 0.3 is 0 Å². The first-order valence-corrected chi connectivity index (χ1v) is 4.49. The van der Waals surface area contributed by atoms with E-state index >= 15 is 0 Å². The number of benzene rings is 1. The van der Waals surface area contributed by atoms with Crippen LogP contribution in [0.5, 0.6) is 5.75 Å². The van der Waals surface area contributed by atoms with Crippen LogP contribution in [0.1, 0.15) is 18.1 Å². The largest absolute Gasteiger partial charge is 0.495 e. The summed E-state index contributed by atoms with van der Waals surface area (Å²) in [6.07, 6.45) is 1.40. The van der Waals surface area contributed by atoms with E-state index in [-0.39, 0.29) is 5.70 Å². The highest BCUT2D eigenvalue weighted by molar-refractivity contribution is 5.57. The van der Waals surface area contributed by atoms with Crippen LogP contribution in [0, 0.1) is 21.4 Å². The SMILES string of the molecule is COc1ccc(C=C(C)[N+](=O)[O-])cc1C#N. The van der Waals surface area contributed by atoms with Crippen LogP contribution in [0.2, 0.25) is 0 Å². The van der Waals surface area contributed by atoms with E-state index in [4.69, 9.17) is 10.00 Å². The van der Waals surface area contributed by atoms with E-state index < -0.39 is 4.92 Å². The number of nitriles is 1. The smallest absolute Gasteiger partial charge is 0.243 e. The second-order valence-corrected chi connectivity index (χ2v) is 3.11. The molecule has 5 nitrogen and oxygen atoms in total. The molecule has 0 unspecified atom stereocenters. The molecular formula is C11H10N2O3. The summed E-state index contributed by atoms with van der Waals surface area (Å²) < 4.78 is 4.97. The molecule has 0 amide bonds. The molecule has 0 bridgehead atoms. The van der Waals surface area contributed by atoms with Crippen molar-refractivity contribution in [3.63, 3.8) is 0 Å². The molecule has 5 heteroatoms. The molecule has 16 heavy (non-hydrogen) atoms. The van der Waals surface area contributed by atoms with Gasteiger partial charge in [-0.25, -0.2) is 0 Å². The van der Waals surface area contributed by atoms with Crippen molar-refractivity contribution in [2.24, 2.45) is 0 Å². The molecule has 1 rings (SSSR count). The van der Waals surface area contributed by atoms with Gasteiger partial charge < -0.3 is 4.74 Å². The number of ether oxygens (including phenoxy) is 1. The van der Waals surface area contributed by atoms with Crippen molar-refractivity contribution in [2.75, 3.05) is 7.11 Å². The number of hydrogen-bond donors (Lipinski definition) is 0. The standard InChI is InChI=1S/C11H10N2O3/c1-8(13(14)15)5-9-3-4-11(16-2)10(6-9)7-12/h3-6H,1-2H3. The number of methoxy groups -OCH3 is 1. The number of nitrogens with zero attached hydrogens (tertiary/aromatic N) is 2. The van der Waals surface area contributed by atoms with Gasteiger partial charge in [0.1, 0.15) is 11.8 Å². The molecule has 0 saturated carbocycles. The second-order valence-electron chi connectivity index (χ2n) is 3.11. The predicted molar refractivity (Wildman–Crippen MR) is 58.4 cm³/mol. The molecule has 0 N–H and O–H groups in total. The first-order chi connectivity index (χ1) is 7.58. The van der Waals surface area contributed by atoms with Crippen LogP contribution in [0.4, 0.5) is 0 Å². The van der Waals surface area contributed by atoms with Gasteiger partial charge in [-0.1, -0.05) is 6.07 Å². The fourth-order valence-electron chi connectivity index (χ4n) is 1.20. The quantitative estimate of drug-likeness (QED) is 0.575. The Hall–Kier alpha value is -2.35. The van der Waals surface area contributed by atoms with Gasteiger partial charge in [0.25, 0.3) is 0 Å². The van der Waals surface area contributed by atoms with Crippen LogP contribution in [0.15, 0.2) is 23.9 Å². The molecule has 0 aliphatic carbocycles. The maximum absolute atomic E-state index is 10.4. The van der Waals surface area contributed by atoms with E-state index in [0.29, 0.717) is 16.9 Å². The summed E-state index contributed by atoms with van der Waals surface area (Å²) in [5, 5.41) is 19.3. The maximum atomic E-state index is 10.4. The van der Waals surface area contributed by atoms with Gasteiger partial charge in [0.05, 0.1) is 17.6 Å². The van der Waals surface area contributed by atoms with Gasteiger partial charge in [0.15, 0.2) is 0 Å². The monoisotopic (exact) mass is 218 g/mol. The highest BCUT2D eigenvalue weighted by Gasteiger charge is 2.05. The fourth-order valence-corrected chi connectivity index (χ4v) is 1.20. The van der Waals surface area contributed by atoms with Gasteiger partial charge in [0.2, 0.25) is 5.70 Å². The van der Waals surface area contributed by atoms with Crippen LogP contribution >= 0.6 is 0 Å². The molecular weight excluding hydrogens is 208 g/mol. The zero-order valence-corrected chi connectivity index (χ0v) is 8.93. The molecule has 0 saturated heterocycles. The van der Waals surface area contributed by atoms with Crippen LogP contribution < -0.4 is 4.74 Å². The minimum Gasteiger partial charge on any atom is -0.495 e. The van der Waals surface area contributed by atoms with Gasteiger partial charge in [-0.2, -0.15) is 5.26 Å². The van der Waals surface area contributed by atoms with Crippen molar-refractivity contribution < 1.29 is 9.66 Å². The Morgan fingerprint density at radius 1 is 1.62 bits per heavy atom. The predicted octanol–water partition coefficient (Wildman–Crippen LogP) is 2.20. The van der Waals surface area contributed by atoms with E-state index in [1.807, 2.05) is 6.07 Å². The first-order valence-electron chi connectivity index (χ1n) is 4.49. The molecule has 0 fully saturated rings. The van der Waals surface area contributed by atoms with Crippen LogP contribution in [0.25, 0.3) is 6.08 Å². The molecule has 0 aliphatic rings. The van der Waals surface area contributed by atoms with Gasteiger partial charge in [-0.05, 0) is 17.7 Å². The van der Waals surface area contributed by atoms with Crippen molar-refractivity contribution in [3.8, 4) is 11.8 Å². The van der Waals surface area contributed by atoms with Crippen molar-refractivity contribution >= 4 is 6.08 Å². The maximum Gasteiger partial charge on any atom is 0.243 e. The van der Waals surface area contributed by atoms with Crippen molar-refractivity contribution in [3.05, 3.63) is 45.1 Å².